The van der Waals surface area contributed by atoms with E-state index in [-0.39, 0.29) is 11.1 Å². The molecule has 0 aliphatic heterocycles. The van der Waals surface area contributed by atoms with Gasteiger partial charge in [-0.15, -0.1) is 0 Å². The lowest BCUT2D eigenvalue weighted by molar-refractivity contribution is -0.113. The third-order valence-electron chi connectivity index (χ3n) is 1.29. The molecule has 82 valence electrons. The Morgan fingerprint density at radius 3 is 2.80 bits per heavy atom. The third-order valence-corrected chi connectivity index (χ3v) is 2.26. The normalized spacial score (nSPS) is 11.1. The van der Waals surface area contributed by atoms with Crippen LogP contribution in [0.3, 0.4) is 0 Å². The zero-order valence-corrected chi connectivity index (χ0v) is 9.34. The first-order valence-corrected chi connectivity index (χ1v) is 6.27. The number of amides is 1. The largest absolute Gasteiger partial charge is 0.310 e. The molecule has 0 fully saturated rings. The first-order chi connectivity index (χ1) is 6.87. The molecular formula is C7H8ClN3O3S. The summed E-state index contributed by atoms with van der Waals surface area (Å²) in [7, 11) is -3.34. The van der Waals surface area contributed by atoms with Crippen LogP contribution in [0.5, 0.6) is 0 Å². The molecule has 8 heteroatoms. The first kappa shape index (κ1) is 11.9. The Bertz CT molecular complexity index is 474. The molecule has 0 unspecified atom stereocenters. The minimum Gasteiger partial charge on any atom is -0.310 e. The van der Waals surface area contributed by atoms with E-state index in [0.29, 0.717) is 0 Å². The van der Waals surface area contributed by atoms with Crippen molar-refractivity contribution in [1.29, 1.82) is 0 Å². The van der Waals surface area contributed by atoms with Crippen molar-refractivity contribution in [3.05, 3.63) is 17.5 Å². The SMILES string of the molecule is CS(=O)(=O)CC(=O)Nc1ccnc(Cl)n1. The van der Waals surface area contributed by atoms with Gasteiger partial charge in [0.15, 0.2) is 9.84 Å². The van der Waals surface area contributed by atoms with Crippen molar-refractivity contribution in [2.24, 2.45) is 0 Å². The molecule has 0 radical (unpaired) electrons. The second kappa shape index (κ2) is 4.54. The first-order valence-electron chi connectivity index (χ1n) is 3.83. The van der Waals surface area contributed by atoms with Crippen LogP contribution in [0.25, 0.3) is 0 Å². The van der Waals surface area contributed by atoms with Crippen LogP contribution in [-0.2, 0) is 14.6 Å². The fourth-order valence-electron chi connectivity index (χ4n) is 0.822. The summed E-state index contributed by atoms with van der Waals surface area (Å²) < 4.78 is 21.6. The molecular weight excluding hydrogens is 242 g/mol. The monoisotopic (exact) mass is 249 g/mol. The van der Waals surface area contributed by atoms with E-state index < -0.39 is 21.5 Å². The van der Waals surface area contributed by atoms with Gasteiger partial charge >= 0.3 is 0 Å². The zero-order valence-electron chi connectivity index (χ0n) is 7.77. The van der Waals surface area contributed by atoms with Crippen molar-refractivity contribution in [1.82, 2.24) is 9.97 Å². The molecule has 6 nitrogen and oxygen atoms in total. The summed E-state index contributed by atoms with van der Waals surface area (Å²) in [4.78, 5) is 18.4. The third kappa shape index (κ3) is 4.71. The average molecular weight is 250 g/mol. The number of rotatable bonds is 3. The average Bonchev–Trinajstić information content (AvgIpc) is 1.99. The summed E-state index contributed by atoms with van der Waals surface area (Å²) in [6.07, 6.45) is 2.32. The van der Waals surface area contributed by atoms with Crippen LogP contribution in [0.1, 0.15) is 0 Å². The number of sulfone groups is 1. The van der Waals surface area contributed by atoms with Gasteiger partial charge in [-0.1, -0.05) is 0 Å². The predicted octanol–water partition coefficient (Wildman–Crippen LogP) is 0.113. The van der Waals surface area contributed by atoms with E-state index in [0.717, 1.165) is 6.26 Å². The molecule has 0 aromatic carbocycles. The highest BCUT2D eigenvalue weighted by Gasteiger charge is 2.11. The smallest absolute Gasteiger partial charge is 0.240 e. The number of hydrogen-bond acceptors (Lipinski definition) is 5. The standard InChI is InChI=1S/C7H8ClN3O3S/c1-15(13,14)4-6(12)10-5-2-3-9-7(8)11-5/h2-3H,4H2,1H3,(H,9,10,11,12). The Kier molecular flexibility index (Phi) is 3.59. The van der Waals surface area contributed by atoms with E-state index in [1.54, 1.807) is 0 Å². The van der Waals surface area contributed by atoms with Gasteiger partial charge in [0, 0.05) is 12.5 Å². The van der Waals surface area contributed by atoms with E-state index >= 15 is 0 Å². The summed E-state index contributed by atoms with van der Waals surface area (Å²) in [6, 6.07) is 1.41. The fraction of sp³-hybridized carbons (Fsp3) is 0.286. The van der Waals surface area contributed by atoms with E-state index in [1.165, 1.54) is 12.3 Å². The van der Waals surface area contributed by atoms with Crippen LogP contribution < -0.4 is 5.32 Å². The van der Waals surface area contributed by atoms with Crippen molar-refractivity contribution < 1.29 is 13.2 Å². The van der Waals surface area contributed by atoms with Gasteiger partial charge in [0.25, 0.3) is 0 Å². The number of halogens is 1. The van der Waals surface area contributed by atoms with Gasteiger partial charge in [-0.25, -0.2) is 18.4 Å². The van der Waals surface area contributed by atoms with Gasteiger partial charge in [-0.05, 0) is 17.7 Å². The summed E-state index contributed by atoms with van der Waals surface area (Å²) in [6.45, 7) is 0. The van der Waals surface area contributed by atoms with Crippen molar-refractivity contribution >= 4 is 33.2 Å². The van der Waals surface area contributed by atoms with Gasteiger partial charge in [0.2, 0.25) is 11.2 Å². The highest BCUT2D eigenvalue weighted by molar-refractivity contribution is 7.91. The molecule has 1 N–H and O–H groups in total. The van der Waals surface area contributed by atoms with Crippen LogP contribution in [0.15, 0.2) is 12.3 Å². The van der Waals surface area contributed by atoms with Crippen molar-refractivity contribution in [2.45, 2.75) is 0 Å². The van der Waals surface area contributed by atoms with Crippen LogP contribution in [-0.4, -0.2) is 36.3 Å². The molecule has 0 aliphatic carbocycles. The number of carbonyl (C=O) groups is 1. The summed E-state index contributed by atoms with van der Waals surface area (Å²) >= 11 is 5.47. The highest BCUT2D eigenvalue weighted by atomic mass is 35.5. The number of nitrogens with one attached hydrogen (secondary N) is 1. The second-order valence-electron chi connectivity index (χ2n) is 2.83. The molecule has 0 aliphatic rings. The minimum atomic E-state index is -3.34. The Hall–Kier alpha value is -1.21. The predicted molar refractivity (Wildman–Crippen MR) is 55.4 cm³/mol. The lowest BCUT2D eigenvalue weighted by Crippen LogP contribution is -2.22. The number of aromatic nitrogens is 2. The highest BCUT2D eigenvalue weighted by Crippen LogP contribution is 2.05. The maximum Gasteiger partial charge on any atom is 0.240 e. The van der Waals surface area contributed by atoms with Crippen molar-refractivity contribution in [2.75, 3.05) is 17.3 Å². The zero-order chi connectivity index (χ0) is 11.5. The van der Waals surface area contributed by atoms with Gasteiger partial charge in [0.1, 0.15) is 11.6 Å². The molecule has 1 amide bonds. The number of hydrogen-bond donors (Lipinski definition) is 1. The Morgan fingerprint density at radius 2 is 2.27 bits per heavy atom. The molecule has 1 heterocycles. The minimum absolute atomic E-state index is 0.0212. The summed E-state index contributed by atoms with van der Waals surface area (Å²) in [5.41, 5.74) is 0. The molecule has 15 heavy (non-hydrogen) atoms. The molecule has 0 saturated carbocycles. The topological polar surface area (TPSA) is 89.0 Å². The van der Waals surface area contributed by atoms with E-state index in [2.05, 4.69) is 15.3 Å². The van der Waals surface area contributed by atoms with Crippen LogP contribution >= 0.6 is 11.6 Å². The lowest BCUT2D eigenvalue weighted by atomic mass is 10.5. The van der Waals surface area contributed by atoms with Gasteiger partial charge in [0.05, 0.1) is 0 Å². The second-order valence-corrected chi connectivity index (χ2v) is 5.31. The number of anilines is 1. The van der Waals surface area contributed by atoms with Crippen molar-refractivity contribution in [3.8, 4) is 0 Å². The van der Waals surface area contributed by atoms with Crippen molar-refractivity contribution in [3.63, 3.8) is 0 Å². The van der Waals surface area contributed by atoms with E-state index in [9.17, 15) is 13.2 Å². The van der Waals surface area contributed by atoms with E-state index in [1.807, 2.05) is 0 Å². The van der Waals surface area contributed by atoms with Crippen LogP contribution in [0.2, 0.25) is 5.28 Å². The van der Waals surface area contributed by atoms with Gasteiger partial charge < -0.3 is 5.32 Å². The number of nitrogens with zero attached hydrogens (tertiary/aromatic N) is 2. The lowest BCUT2D eigenvalue weighted by Gasteiger charge is -2.02. The van der Waals surface area contributed by atoms with Crippen LogP contribution in [0.4, 0.5) is 5.82 Å². The maximum absolute atomic E-state index is 11.1. The number of carbonyl (C=O) groups excluding carboxylic acids is 1. The molecule has 0 saturated heterocycles. The van der Waals surface area contributed by atoms with Gasteiger partial charge in [-0.2, -0.15) is 0 Å². The molecule has 1 rings (SSSR count). The Balaban J connectivity index is 2.67. The fourth-order valence-corrected chi connectivity index (χ4v) is 1.52. The van der Waals surface area contributed by atoms with E-state index in [4.69, 9.17) is 11.6 Å². The summed E-state index contributed by atoms with van der Waals surface area (Å²) in [5, 5.41) is 2.26. The van der Waals surface area contributed by atoms with Crippen LogP contribution in [0, 0.1) is 0 Å². The Labute approximate surface area is 91.6 Å². The molecule has 1 aromatic heterocycles. The maximum atomic E-state index is 11.1. The Morgan fingerprint density at radius 1 is 1.60 bits per heavy atom. The molecule has 1 aromatic rings. The summed E-state index contributed by atoms with van der Waals surface area (Å²) in [5.74, 6) is -1.08. The van der Waals surface area contributed by atoms with Gasteiger partial charge in [-0.3, -0.25) is 4.79 Å². The molecule has 0 atom stereocenters. The molecule has 0 spiro atoms. The quantitative estimate of drug-likeness (QED) is 0.769. The molecule has 0 bridgehead atoms.